The zero-order valence-electron chi connectivity index (χ0n) is 19.1. The highest BCUT2D eigenvalue weighted by atomic mass is 16.6. The Bertz CT molecular complexity index is 1080. The van der Waals surface area contributed by atoms with Crippen LogP contribution < -0.4 is 0 Å². The second-order valence-corrected chi connectivity index (χ2v) is 9.42. The standard InChI is InChI=1S/C23H31N5O4/c1-15(9-12-29)28-19-13-17(5-6-18(19)14-24-28)20-25-21(32-26-20)16-7-10-27(11-8-16)22(30)31-23(2,3)4/h5-6,13-16,29H,7-12H2,1-4H3. The van der Waals surface area contributed by atoms with E-state index in [0.29, 0.717) is 31.2 Å². The average molecular weight is 442 g/mol. The SMILES string of the molecule is CC(CCO)n1ncc2ccc(-c3noc(C4CCN(C(=O)OC(C)(C)C)CC4)n3)cc21. The number of piperidine rings is 1. The quantitative estimate of drug-likeness (QED) is 0.634. The topological polar surface area (TPSA) is 107 Å². The van der Waals surface area contributed by atoms with Crippen molar-refractivity contribution < 1.29 is 19.2 Å². The summed E-state index contributed by atoms with van der Waals surface area (Å²) in [5.41, 5.74) is 1.33. The number of amides is 1. The molecular formula is C23H31N5O4. The van der Waals surface area contributed by atoms with E-state index in [9.17, 15) is 9.90 Å². The van der Waals surface area contributed by atoms with Gasteiger partial charge in [-0.15, -0.1) is 0 Å². The van der Waals surface area contributed by atoms with Crippen molar-refractivity contribution in [1.29, 1.82) is 0 Å². The van der Waals surface area contributed by atoms with E-state index in [1.165, 1.54) is 0 Å². The molecule has 0 radical (unpaired) electrons. The number of carbonyl (C=O) groups excluding carboxylic acids is 1. The summed E-state index contributed by atoms with van der Waals surface area (Å²) in [6, 6.07) is 6.05. The second-order valence-electron chi connectivity index (χ2n) is 9.42. The predicted molar refractivity (Wildman–Crippen MR) is 119 cm³/mol. The molecule has 0 saturated carbocycles. The first-order valence-corrected chi connectivity index (χ1v) is 11.1. The second kappa shape index (κ2) is 8.90. The van der Waals surface area contributed by atoms with Crippen LogP contribution in [0.4, 0.5) is 4.79 Å². The van der Waals surface area contributed by atoms with Crippen LogP contribution in [-0.2, 0) is 4.74 Å². The Morgan fingerprint density at radius 2 is 2.06 bits per heavy atom. The smallest absolute Gasteiger partial charge is 0.410 e. The van der Waals surface area contributed by atoms with Crippen molar-refractivity contribution in [3.8, 4) is 11.4 Å². The molecular weight excluding hydrogens is 410 g/mol. The minimum absolute atomic E-state index is 0.0868. The van der Waals surface area contributed by atoms with Gasteiger partial charge in [0.05, 0.1) is 17.8 Å². The minimum atomic E-state index is -0.498. The zero-order valence-corrected chi connectivity index (χ0v) is 19.1. The molecule has 1 aliphatic heterocycles. The molecule has 1 aliphatic rings. The number of aromatic nitrogens is 4. The zero-order chi connectivity index (χ0) is 22.9. The summed E-state index contributed by atoms with van der Waals surface area (Å²) in [4.78, 5) is 18.7. The predicted octanol–water partition coefficient (Wildman–Crippen LogP) is 4.14. The van der Waals surface area contributed by atoms with Crippen LogP contribution in [-0.4, -0.2) is 61.3 Å². The van der Waals surface area contributed by atoms with Crippen LogP contribution in [0.2, 0.25) is 0 Å². The molecule has 0 spiro atoms. The Morgan fingerprint density at radius 3 is 2.75 bits per heavy atom. The number of fused-ring (bicyclic) bond motifs is 1. The Kier molecular flexibility index (Phi) is 6.19. The molecule has 0 aliphatic carbocycles. The first-order valence-electron chi connectivity index (χ1n) is 11.1. The van der Waals surface area contributed by atoms with Gasteiger partial charge in [-0.25, -0.2) is 4.79 Å². The third kappa shape index (κ3) is 4.77. The summed E-state index contributed by atoms with van der Waals surface area (Å²) in [6.07, 6.45) is 3.70. The van der Waals surface area contributed by atoms with Gasteiger partial charge in [0.1, 0.15) is 5.60 Å². The Hall–Kier alpha value is -2.94. The van der Waals surface area contributed by atoms with Crippen LogP contribution in [0.5, 0.6) is 0 Å². The number of aliphatic hydroxyl groups is 1. The molecule has 0 bridgehead atoms. The summed E-state index contributed by atoms with van der Waals surface area (Å²) in [5.74, 6) is 1.26. The number of hydrogen-bond donors (Lipinski definition) is 1. The van der Waals surface area contributed by atoms with Crippen LogP contribution in [0, 0.1) is 0 Å². The molecule has 1 atom stereocenters. The number of rotatable bonds is 5. The van der Waals surface area contributed by atoms with Crippen molar-refractivity contribution in [2.45, 2.75) is 64.5 Å². The van der Waals surface area contributed by atoms with Crippen molar-refractivity contribution in [1.82, 2.24) is 24.8 Å². The molecule has 1 fully saturated rings. The van der Waals surface area contributed by atoms with E-state index in [4.69, 9.17) is 9.26 Å². The van der Waals surface area contributed by atoms with Crippen molar-refractivity contribution in [2.24, 2.45) is 0 Å². The molecule has 1 N–H and O–H groups in total. The molecule has 1 amide bonds. The normalized spacial score (nSPS) is 16.5. The highest BCUT2D eigenvalue weighted by molar-refractivity contribution is 5.83. The third-order valence-electron chi connectivity index (χ3n) is 5.76. The lowest BCUT2D eigenvalue weighted by molar-refractivity contribution is 0.0198. The summed E-state index contributed by atoms with van der Waals surface area (Å²) in [6.45, 7) is 8.96. The maximum atomic E-state index is 12.3. The van der Waals surface area contributed by atoms with E-state index < -0.39 is 5.60 Å². The van der Waals surface area contributed by atoms with Gasteiger partial charge < -0.3 is 19.3 Å². The minimum Gasteiger partial charge on any atom is -0.444 e. The van der Waals surface area contributed by atoms with Gasteiger partial charge in [-0.2, -0.15) is 10.1 Å². The maximum absolute atomic E-state index is 12.3. The van der Waals surface area contributed by atoms with Crippen molar-refractivity contribution in [2.75, 3.05) is 19.7 Å². The molecule has 1 saturated heterocycles. The van der Waals surface area contributed by atoms with Gasteiger partial charge in [-0.05, 0) is 53.0 Å². The lowest BCUT2D eigenvalue weighted by atomic mass is 9.97. The largest absolute Gasteiger partial charge is 0.444 e. The first kappa shape index (κ1) is 22.3. The van der Waals surface area contributed by atoms with E-state index in [1.54, 1.807) is 4.90 Å². The van der Waals surface area contributed by atoms with E-state index >= 15 is 0 Å². The van der Waals surface area contributed by atoms with Gasteiger partial charge in [0.15, 0.2) is 0 Å². The Balaban J connectivity index is 1.46. The van der Waals surface area contributed by atoms with Crippen molar-refractivity contribution >= 4 is 17.0 Å². The number of hydrogen-bond acceptors (Lipinski definition) is 7. The van der Waals surface area contributed by atoms with Gasteiger partial charge in [-0.3, -0.25) is 4.68 Å². The highest BCUT2D eigenvalue weighted by Gasteiger charge is 2.30. The summed E-state index contributed by atoms with van der Waals surface area (Å²) < 4.78 is 13.0. The molecule has 3 aromatic rings. The first-order chi connectivity index (χ1) is 15.2. The summed E-state index contributed by atoms with van der Waals surface area (Å²) >= 11 is 0. The van der Waals surface area contributed by atoms with Gasteiger partial charge in [0.25, 0.3) is 0 Å². The molecule has 4 rings (SSSR count). The van der Waals surface area contributed by atoms with Crippen molar-refractivity contribution in [3.05, 3.63) is 30.3 Å². The summed E-state index contributed by atoms with van der Waals surface area (Å²) in [7, 11) is 0. The number of ether oxygens (including phenoxy) is 1. The van der Waals surface area contributed by atoms with Crippen LogP contribution in [0.1, 0.15) is 64.8 Å². The highest BCUT2D eigenvalue weighted by Crippen LogP contribution is 2.30. The van der Waals surface area contributed by atoms with E-state index in [2.05, 4.69) is 15.2 Å². The maximum Gasteiger partial charge on any atom is 0.410 e. The number of benzene rings is 1. The third-order valence-corrected chi connectivity index (χ3v) is 5.76. The van der Waals surface area contributed by atoms with Crippen LogP contribution in [0.3, 0.4) is 0 Å². The van der Waals surface area contributed by atoms with Crippen LogP contribution in [0.25, 0.3) is 22.3 Å². The molecule has 2 aromatic heterocycles. The fourth-order valence-corrected chi connectivity index (χ4v) is 3.99. The van der Waals surface area contributed by atoms with Crippen molar-refractivity contribution in [3.63, 3.8) is 0 Å². The van der Waals surface area contributed by atoms with Crippen LogP contribution in [0.15, 0.2) is 28.9 Å². The molecule has 32 heavy (non-hydrogen) atoms. The van der Waals surface area contributed by atoms with E-state index in [1.807, 2.05) is 56.8 Å². The Labute approximate surface area is 187 Å². The molecule has 3 heterocycles. The monoisotopic (exact) mass is 441 g/mol. The Morgan fingerprint density at radius 1 is 1.31 bits per heavy atom. The molecule has 1 unspecified atom stereocenters. The van der Waals surface area contributed by atoms with E-state index in [-0.39, 0.29) is 24.7 Å². The van der Waals surface area contributed by atoms with E-state index in [0.717, 1.165) is 29.3 Å². The number of likely N-dealkylation sites (tertiary alicyclic amines) is 1. The molecule has 1 aromatic carbocycles. The van der Waals surface area contributed by atoms with Crippen LogP contribution >= 0.6 is 0 Å². The van der Waals surface area contributed by atoms with Gasteiger partial charge in [0, 0.05) is 36.6 Å². The van der Waals surface area contributed by atoms with Gasteiger partial charge >= 0.3 is 6.09 Å². The average Bonchev–Trinajstić information content (AvgIpc) is 3.40. The fraction of sp³-hybridized carbons (Fsp3) is 0.565. The lowest BCUT2D eigenvalue weighted by Gasteiger charge is -2.32. The number of aliphatic hydroxyl groups excluding tert-OH is 1. The fourth-order valence-electron chi connectivity index (χ4n) is 3.99. The molecule has 9 heteroatoms. The summed E-state index contributed by atoms with van der Waals surface area (Å²) in [5, 5.41) is 19.0. The molecule has 9 nitrogen and oxygen atoms in total. The molecule has 172 valence electrons. The lowest BCUT2D eigenvalue weighted by Crippen LogP contribution is -2.41. The van der Waals surface area contributed by atoms with Gasteiger partial charge in [-0.1, -0.05) is 17.3 Å². The number of nitrogens with zero attached hydrogens (tertiary/aromatic N) is 5. The number of carbonyl (C=O) groups is 1. The van der Waals surface area contributed by atoms with Gasteiger partial charge in [0.2, 0.25) is 11.7 Å².